The molecule has 3 atom stereocenters. The van der Waals surface area contributed by atoms with E-state index in [1.165, 1.54) is 5.57 Å². The lowest BCUT2D eigenvalue weighted by Crippen LogP contribution is -2.57. The maximum absolute atomic E-state index is 11.7. The average molecular weight is 298 g/mol. The summed E-state index contributed by atoms with van der Waals surface area (Å²) in [5, 5.41) is 19.1. The Morgan fingerprint density at radius 3 is 2.00 bits per heavy atom. The van der Waals surface area contributed by atoms with Crippen LogP contribution in [0, 0.1) is 10.8 Å². The van der Waals surface area contributed by atoms with Crippen LogP contribution in [0.1, 0.15) is 52.9 Å². The van der Waals surface area contributed by atoms with Crippen molar-refractivity contribution in [2.75, 3.05) is 6.61 Å². The van der Waals surface area contributed by atoms with Gasteiger partial charge >= 0.3 is 11.9 Å². The number of carboxylic acid groups (broad SMARTS) is 2. The number of carbonyl (C=O) groups is 2. The highest BCUT2D eigenvalue weighted by Crippen LogP contribution is 2.58. The van der Waals surface area contributed by atoms with Gasteiger partial charge in [-0.25, -0.2) is 0 Å². The van der Waals surface area contributed by atoms with Crippen LogP contribution in [0.4, 0.5) is 0 Å². The van der Waals surface area contributed by atoms with Crippen LogP contribution in [-0.4, -0.2) is 34.9 Å². The first-order chi connectivity index (χ1) is 9.74. The molecule has 1 saturated carbocycles. The molecule has 0 spiro atoms. The van der Waals surface area contributed by atoms with E-state index in [1.54, 1.807) is 6.92 Å². The smallest absolute Gasteiger partial charge is 0.313 e. The van der Waals surface area contributed by atoms with Crippen LogP contribution < -0.4 is 0 Å². The summed E-state index contributed by atoms with van der Waals surface area (Å²) in [6.45, 7) is 9.64. The van der Waals surface area contributed by atoms with Gasteiger partial charge in [0.05, 0.1) is 18.1 Å². The van der Waals surface area contributed by atoms with E-state index < -0.39 is 28.9 Å². The van der Waals surface area contributed by atoms with Gasteiger partial charge in [-0.05, 0) is 33.1 Å². The monoisotopic (exact) mass is 298 g/mol. The molecule has 2 aliphatic rings. The Balaban J connectivity index is 0.000000491. The molecule has 5 heteroatoms. The fourth-order valence-electron chi connectivity index (χ4n) is 3.49. The first kappa shape index (κ1) is 17.7. The molecular weight excluding hydrogens is 272 g/mol. The summed E-state index contributed by atoms with van der Waals surface area (Å²) < 4.78 is 5.18. The Morgan fingerprint density at radius 2 is 1.67 bits per heavy atom. The molecule has 0 radical (unpaired) electrons. The number of allylic oxidation sites excluding steroid dienone is 1. The van der Waals surface area contributed by atoms with Gasteiger partial charge in [0.2, 0.25) is 0 Å². The highest BCUT2D eigenvalue weighted by Gasteiger charge is 2.68. The van der Waals surface area contributed by atoms with E-state index >= 15 is 0 Å². The third-order valence-corrected chi connectivity index (χ3v) is 4.56. The molecule has 1 saturated heterocycles. The van der Waals surface area contributed by atoms with Gasteiger partial charge in [-0.15, -0.1) is 6.58 Å². The van der Waals surface area contributed by atoms with Crippen LogP contribution in [0.25, 0.3) is 0 Å². The fourth-order valence-corrected chi connectivity index (χ4v) is 3.49. The van der Waals surface area contributed by atoms with Crippen molar-refractivity contribution in [3.63, 3.8) is 0 Å². The van der Waals surface area contributed by atoms with Crippen molar-refractivity contribution >= 4 is 11.9 Å². The molecule has 5 nitrogen and oxygen atoms in total. The summed E-state index contributed by atoms with van der Waals surface area (Å²) >= 11 is 0. The average Bonchev–Trinajstić information content (AvgIpc) is 3.21. The van der Waals surface area contributed by atoms with Crippen LogP contribution in [0.5, 0.6) is 0 Å². The van der Waals surface area contributed by atoms with Crippen molar-refractivity contribution in [3.8, 4) is 0 Å². The molecule has 3 unspecified atom stereocenters. The minimum absolute atomic E-state index is 0.342. The molecule has 1 heterocycles. The van der Waals surface area contributed by atoms with E-state index in [0.717, 1.165) is 12.8 Å². The van der Waals surface area contributed by atoms with Crippen molar-refractivity contribution in [1.82, 2.24) is 0 Å². The predicted octanol–water partition coefficient (Wildman–Crippen LogP) is 3.09. The summed E-state index contributed by atoms with van der Waals surface area (Å²) in [4.78, 5) is 23.3. The van der Waals surface area contributed by atoms with E-state index in [9.17, 15) is 19.8 Å². The molecule has 0 aromatic carbocycles. The highest BCUT2D eigenvalue weighted by atomic mass is 16.6. The second-order valence-corrected chi connectivity index (χ2v) is 6.25. The van der Waals surface area contributed by atoms with Crippen molar-refractivity contribution in [2.24, 2.45) is 10.8 Å². The van der Waals surface area contributed by atoms with Crippen LogP contribution in [0.15, 0.2) is 12.2 Å². The summed E-state index contributed by atoms with van der Waals surface area (Å²) in [6.07, 6.45) is 2.31. The van der Waals surface area contributed by atoms with Gasteiger partial charge in [-0.3, -0.25) is 9.59 Å². The summed E-state index contributed by atoms with van der Waals surface area (Å²) in [5.74, 6) is -2.00. The van der Waals surface area contributed by atoms with E-state index in [-0.39, 0.29) is 0 Å². The first-order valence-electron chi connectivity index (χ1n) is 7.45. The molecule has 0 aromatic rings. The molecule has 1 aliphatic carbocycles. The molecule has 2 fully saturated rings. The minimum Gasteiger partial charge on any atom is -0.481 e. The Bertz CT molecular complexity index is 422. The Hall–Kier alpha value is -1.36. The Morgan fingerprint density at radius 1 is 1.19 bits per heavy atom. The van der Waals surface area contributed by atoms with Crippen molar-refractivity contribution < 1.29 is 24.5 Å². The third-order valence-electron chi connectivity index (χ3n) is 4.56. The quantitative estimate of drug-likeness (QED) is 0.615. The number of aliphatic carboxylic acids is 2. The van der Waals surface area contributed by atoms with Crippen LogP contribution in [0.3, 0.4) is 0 Å². The van der Waals surface area contributed by atoms with Crippen molar-refractivity contribution in [3.05, 3.63) is 12.2 Å². The molecule has 2 rings (SSSR count). The Kier molecular flexibility index (Phi) is 5.56. The topological polar surface area (TPSA) is 87.1 Å². The summed E-state index contributed by atoms with van der Waals surface area (Å²) in [6, 6.07) is 0. The number of carboxylic acids is 2. The molecule has 2 N–H and O–H groups in total. The van der Waals surface area contributed by atoms with Crippen molar-refractivity contribution in [2.45, 2.75) is 59.0 Å². The molecule has 0 aromatic heterocycles. The number of hydrogen-bond acceptors (Lipinski definition) is 3. The minimum atomic E-state index is -1.23. The zero-order valence-corrected chi connectivity index (χ0v) is 13.1. The molecular formula is C16H26O5. The molecule has 0 amide bonds. The van der Waals surface area contributed by atoms with E-state index in [1.807, 2.05) is 13.8 Å². The van der Waals surface area contributed by atoms with E-state index in [2.05, 4.69) is 6.58 Å². The molecule has 0 bridgehead atoms. The van der Waals surface area contributed by atoms with E-state index in [0.29, 0.717) is 25.9 Å². The second kappa shape index (κ2) is 6.60. The standard InChI is InChI=1S/C12H18O5.C4H8/c1-2-11(9(13)14)5-3-4-6-12(11,10(15)16)8-7-17-8;1-4(2)3/h8H,2-7H2,1H3,(H,13,14)(H,15,16);1H2,2-3H3. The Labute approximate surface area is 126 Å². The van der Waals surface area contributed by atoms with Crippen LogP contribution >= 0.6 is 0 Å². The lowest BCUT2D eigenvalue weighted by atomic mass is 9.53. The fraction of sp³-hybridized carbons (Fsp3) is 0.750. The summed E-state index contributed by atoms with van der Waals surface area (Å²) in [5.41, 5.74) is -1.23. The van der Waals surface area contributed by atoms with Gasteiger partial charge < -0.3 is 14.9 Å². The van der Waals surface area contributed by atoms with Crippen LogP contribution in [0.2, 0.25) is 0 Å². The zero-order chi connectivity index (χ0) is 16.3. The van der Waals surface area contributed by atoms with Gasteiger partial charge in [0, 0.05) is 0 Å². The lowest BCUT2D eigenvalue weighted by Gasteiger charge is -2.47. The van der Waals surface area contributed by atoms with E-state index in [4.69, 9.17) is 4.74 Å². The largest absolute Gasteiger partial charge is 0.481 e. The van der Waals surface area contributed by atoms with Gasteiger partial charge in [-0.2, -0.15) is 0 Å². The maximum atomic E-state index is 11.7. The first-order valence-corrected chi connectivity index (χ1v) is 7.45. The number of epoxide rings is 1. The number of hydrogen-bond donors (Lipinski definition) is 2. The molecule has 21 heavy (non-hydrogen) atoms. The number of ether oxygens (including phenoxy) is 1. The SMILES string of the molecule is C=C(C)C.CCC1(C(=O)O)CCCCC1(C(=O)O)C1CO1. The normalized spacial score (nSPS) is 34.3. The summed E-state index contributed by atoms with van der Waals surface area (Å²) in [7, 11) is 0. The maximum Gasteiger partial charge on any atom is 0.313 e. The van der Waals surface area contributed by atoms with Gasteiger partial charge in [0.1, 0.15) is 5.41 Å². The van der Waals surface area contributed by atoms with Crippen LogP contribution in [-0.2, 0) is 14.3 Å². The molecule has 1 aliphatic heterocycles. The lowest BCUT2D eigenvalue weighted by molar-refractivity contribution is -0.183. The van der Waals surface area contributed by atoms with Crippen molar-refractivity contribution in [1.29, 1.82) is 0 Å². The zero-order valence-electron chi connectivity index (χ0n) is 13.1. The second-order valence-electron chi connectivity index (χ2n) is 6.25. The third kappa shape index (κ3) is 3.12. The highest BCUT2D eigenvalue weighted by molar-refractivity contribution is 5.88. The number of rotatable bonds is 4. The van der Waals surface area contributed by atoms with Gasteiger partial charge in [0.25, 0.3) is 0 Å². The van der Waals surface area contributed by atoms with Gasteiger partial charge in [-0.1, -0.05) is 25.3 Å². The predicted molar refractivity (Wildman–Crippen MR) is 79.1 cm³/mol. The molecule has 120 valence electrons. The van der Waals surface area contributed by atoms with Gasteiger partial charge in [0.15, 0.2) is 0 Å².